The van der Waals surface area contributed by atoms with E-state index in [0.29, 0.717) is 18.1 Å². The zero-order valence-electron chi connectivity index (χ0n) is 12.8. The van der Waals surface area contributed by atoms with E-state index in [0.717, 1.165) is 22.2 Å². The molecule has 0 atom stereocenters. The summed E-state index contributed by atoms with van der Waals surface area (Å²) in [6.07, 6.45) is 1.78. The summed E-state index contributed by atoms with van der Waals surface area (Å²) in [5.41, 5.74) is 1.82. The number of nitrogens with zero attached hydrogens (tertiary/aromatic N) is 6. The lowest BCUT2D eigenvalue weighted by molar-refractivity contribution is -0.120. The van der Waals surface area contributed by atoms with E-state index in [4.69, 9.17) is 0 Å². The molecule has 2 N–H and O–H groups in total. The van der Waals surface area contributed by atoms with Crippen LogP contribution in [0, 0.1) is 13.8 Å². The van der Waals surface area contributed by atoms with Gasteiger partial charge in [0.2, 0.25) is 5.91 Å². The van der Waals surface area contributed by atoms with E-state index in [1.165, 1.54) is 11.8 Å². The molecule has 9 nitrogen and oxygen atoms in total. The minimum absolute atomic E-state index is 0.115. The standard InChI is InChI=1S/C13H16N8OS/c1-8-5-9(2)21-13(16-8)17-10(19-21)6-11(22)14-3-4-23-12-7-15-20-18-12/h5,7H,3-4,6H2,1-2H3,(H,14,22)(H,15,18,20). The van der Waals surface area contributed by atoms with Crippen LogP contribution in [0.2, 0.25) is 0 Å². The number of carbonyl (C=O) groups is 1. The van der Waals surface area contributed by atoms with Crippen molar-refractivity contribution >= 4 is 23.4 Å². The first kappa shape index (κ1) is 15.4. The number of aromatic amines is 1. The van der Waals surface area contributed by atoms with Gasteiger partial charge in [0.25, 0.3) is 5.78 Å². The Morgan fingerprint density at radius 2 is 2.26 bits per heavy atom. The number of fused-ring (bicyclic) bond motifs is 1. The highest BCUT2D eigenvalue weighted by molar-refractivity contribution is 7.99. The van der Waals surface area contributed by atoms with Gasteiger partial charge in [-0.1, -0.05) is 0 Å². The number of carbonyl (C=O) groups excluding carboxylic acids is 1. The lowest BCUT2D eigenvalue weighted by Gasteiger charge is -2.01. The quantitative estimate of drug-likeness (QED) is 0.493. The molecule has 0 aromatic carbocycles. The van der Waals surface area contributed by atoms with Crippen molar-refractivity contribution in [3.63, 3.8) is 0 Å². The fraction of sp³-hybridized carbons (Fsp3) is 0.385. The summed E-state index contributed by atoms with van der Waals surface area (Å²) in [5.74, 6) is 1.59. The molecule has 0 aliphatic heterocycles. The number of hydrogen-bond acceptors (Lipinski definition) is 7. The monoisotopic (exact) mass is 332 g/mol. The number of hydrogen-bond donors (Lipinski definition) is 2. The molecule has 3 heterocycles. The Kier molecular flexibility index (Phi) is 4.51. The molecule has 3 rings (SSSR count). The predicted molar refractivity (Wildman–Crippen MR) is 84.1 cm³/mol. The van der Waals surface area contributed by atoms with E-state index in [9.17, 15) is 4.79 Å². The molecular formula is C13H16N8OS. The summed E-state index contributed by atoms with van der Waals surface area (Å²) in [6.45, 7) is 4.38. The Labute approximate surface area is 136 Å². The maximum absolute atomic E-state index is 11.9. The van der Waals surface area contributed by atoms with Gasteiger partial charge >= 0.3 is 0 Å². The second-order valence-electron chi connectivity index (χ2n) is 4.96. The molecule has 3 aromatic heterocycles. The van der Waals surface area contributed by atoms with Gasteiger partial charge in [-0.15, -0.1) is 22.0 Å². The van der Waals surface area contributed by atoms with Crippen LogP contribution in [0.5, 0.6) is 0 Å². The van der Waals surface area contributed by atoms with Crippen molar-refractivity contribution in [2.24, 2.45) is 0 Å². The van der Waals surface area contributed by atoms with Crippen molar-refractivity contribution in [2.45, 2.75) is 25.3 Å². The number of H-pyrrole nitrogens is 1. The van der Waals surface area contributed by atoms with E-state index < -0.39 is 0 Å². The van der Waals surface area contributed by atoms with Crippen molar-refractivity contribution in [2.75, 3.05) is 12.3 Å². The SMILES string of the molecule is Cc1cc(C)n2nc(CC(=O)NCCSc3cn[nH]n3)nc2n1. The van der Waals surface area contributed by atoms with Gasteiger partial charge in [0.15, 0.2) is 5.82 Å². The van der Waals surface area contributed by atoms with Gasteiger partial charge in [-0.3, -0.25) is 4.79 Å². The predicted octanol–water partition coefficient (Wildman–Crippen LogP) is 0.310. The Morgan fingerprint density at radius 3 is 3.04 bits per heavy atom. The maximum Gasteiger partial charge on any atom is 0.252 e. The third kappa shape index (κ3) is 3.83. The average Bonchev–Trinajstić information content (AvgIpc) is 3.13. The molecule has 1 amide bonds. The lowest BCUT2D eigenvalue weighted by atomic mass is 10.4. The van der Waals surface area contributed by atoms with Gasteiger partial charge in [0.1, 0.15) is 5.03 Å². The minimum atomic E-state index is -0.115. The zero-order valence-corrected chi connectivity index (χ0v) is 13.6. The molecule has 0 bridgehead atoms. The van der Waals surface area contributed by atoms with E-state index in [1.54, 1.807) is 10.7 Å². The fourth-order valence-electron chi connectivity index (χ4n) is 2.10. The molecule has 0 unspecified atom stereocenters. The molecule has 120 valence electrons. The van der Waals surface area contributed by atoms with Crippen LogP contribution in [0.1, 0.15) is 17.2 Å². The highest BCUT2D eigenvalue weighted by atomic mass is 32.2. The van der Waals surface area contributed by atoms with Gasteiger partial charge in [0, 0.05) is 23.7 Å². The second-order valence-corrected chi connectivity index (χ2v) is 6.08. The first-order valence-electron chi connectivity index (χ1n) is 7.07. The van der Waals surface area contributed by atoms with Crippen molar-refractivity contribution < 1.29 is 4.79 Å². The Morgan fingerprint density at radius 1 is 1.39 bits per heavy atom. The van der Waals surface area contributed by atoms with Crippen LogP contribution in [0.4, 0.5) is 0 Å². The number of amides is 1. The number of thioether (sulfide) groups is 1. The van der Waals surface area contributed by atoms with Crippen LogP contribution >= 0.6 is 11.8 Å². The van der Waals surface area contributed by atoms with Crippen LogP contribution in [0.25, 0.3) is 5.78 Å². The largest absolute Gasteiger partial charge is 0.355 e. The fourth-order valence-corrected chi connectivity index (χ4v) is 2.74. The van der Waals surface area contributed by atoms with Crippen LogP contribution in [-0.2, 0) is 11.2 Å². The Hall–Kier alpha value is -2.49. The Balaban J connectivity index is 1.52. The smallest absolute Gasteiger partial charge is 0.252 e. The van der Waals surface area contributed by atoms with E-state index in [2.05, 4.69) is 35.8 Å². The Bertz CT molecular complexity index is 813. The summed E-state index contributed by atoms with van der Waals surface area (Å²) < 4.78 is 1.65. The molecule has 23 heavy (non-hydrogen) atoms. The number of rotatable bonds is 6. The van der Waals surface area contributed by atoms with Crippen molar-refractivity contribution in [1.82, 2.24) is 40.3 Å². The average molecular weight is 332 g/mol. The van der Waals surface area contributed by atoms with Crippen LogP contribution in [-0.4, -0.2) is 53.2 Å². The first-order valence-corrected chi connectivity index (χ1v) is 8.05. The molecule has 0 radical (unpaired) electrons. The maximum atomic E-state index is 11.9. The molecule has 0 aliphatic carbocycles. The van der Waals surface area contributed by atoms with Crippen LogP contribution in [0.3, 0.4) is 0 Å². The molecule has 0 fully saturated rings. The summed E-state index contributed by atoms with van der Waals surface area (Å²) in [7, 11) is 0. The number of aromatic nitrogens is 7. The van der Waals surface area contributed by atoms with Gasteiger partial charge in [0.05, 0.1) is 12.6 Å². The van der Waals surface area contributed by atoms with Crippen molar-refractivity contribution in [3.8, 4) is 0 Å². The summed E-state index contributed by atoms with van der Waals surface area (Å²) in [5, 5.41) is 18.1. The molecule has 10 heteroatoms. The van der Waals surface area contributed by atoms with E-state index >= 15 is 0 Å². The number of nitrogens with one attached hydrogen (secondary N) is 2. The van der Waals surface area contributed by atoms with Gasteiger partial charge in [-0.05, 0) is 19.9 Å². The number of aryl methyl sites for hydroxylation is 2. The molecule has 0 spiro atoms. The van der Waals surface area contributed by atoms with Crippen LogP contribution < -0.4 is 5.32 Å². The lowest BCUT2D eigenvalue weighted by Crippen LogP contribution is -2.27. The normalized spacial score (nSPS) is 11.0. The molecule has 0 saturated heterocycles. The highest BCUT2D eigenvalue weighted by Crippen LogP contribution is 2.11. The summed E-state index contributed by atoms with van der Waals surface area (Å²) in [4.78, 5) is 20.5. The van der Waals surface area contributed by atoms with E-state index in [-0.39, 0.29) is 12.3 Å². The highest BCUT2D eigenvalue weighted by Gasteiger charge is 2.11. The molecule has 3 aromatic rings. The summed E-state index contributed by atoms with van der Waals surface area (Å²) >= 11 is 1.52. The second kappa shape index (κ2) is 6.73. The van der Waals surface area contributed by atoms with Crippen LogP contribution in [0.15, 0.2) is 17.3 Å². The zero-order chi connectivity index (χ0) is 16.2. The van der Waals surface area contributed by atoms with Crippen molar-refractivity contribution in [3.05, 3.63) is 29.5 Å². The summed E-state index contributed by atoms with van der Waals surface area (Å²) in [6, 6.07) is 1.92. The van der Waals surface area contributed by atoms with Crippen molar-refractivity contribution in [1.29, 1.82) is 0 Å². The molecule has 0 saturated carbocycles. The van der Waals surface area contributed by atoms with Gasteiger partial charge in [-0.2, -0.15) is 15.3 Å². The van der Waals surface area contributed by atoms with Gasteiger partial charge < -0.3 is 5.32 Å². The molecule has 0 aliphatic rings. The third-order valence-electron chi connectivity index (χ3n) is 3.05. The van der Waals surface area contributed by atoms with Gasteiger partial charge in [-0.25, -0.2) is 9.50 Å². The topological polar surface area (TPSA) is 114 Å². The minimum Gasteiger partial charge on any atom is -0.355 e. The van der Waals surface area contributed by atoms with E-state index in [1.807, 2.05) is 19.9 Å². The third-order valence-corrected chi connectivity index (χ3v) is 3.95. The first-order chi connectivity index (χ1) is 11.1. The molecular weight excluding hydrogens is 316 g/mol.